The van der Waals surface area contributed by atoms with Crippen LogP contribution in [0.1, 0.15) is 37.7 Å². The monoisotopic (exact) mass is 336 g/mol. The predicted molar refractivity (Wildman–Crippen MR) is 87.3 cm³/mol. The van der Waals surface area contributed by atoms with Crippen molar-refractivity contribution in [2.75, 3.05) is 0 Å². The summed E-state index contributed by atoms with van der Waals surface area (Å²) >= 11 is 5.82. The van der Waals surface area contributed by atoms with Crippen LogP contribution in [-0.4, -0.2) is 23.1 Å². The summed E-state index contributed by atoms with van der Waals surface area (Å²) in [6.45, 7) is 0.474. The Morgan fingerprint density at radius 1 is 1.17 bits per heavy atom. The van der Waals surface area contributed by atoms with Crippen molar-refractivity contribution in [1.82, 2.24) is 10.6 Å². The van der Waals surface area contributed by atoms with Crippen LogP contribution in [-0.2, 0) is 11.3 Å². The highest BCUT2D eigenvalue weighted by Crippen LogP contribution is 2.59. The number of carboxylic acid groups (broad SMARTS) is 1. The van der Waals surface area contributed by atoms with E-state index in [-0.39, 0.29) is 18.5 Å². The Balaban J connectivity index is 1.33. The van der Waals surface area contributed by atoms with Crippen molar-refractivity contribution < 1.29 is 14.7 Å². The molecule has 1 spiro atoms. The predicted octanol–water partition coefficient (Wildman–Crippen LogP) is 3.17. The highest BCUT2D eigenvalue weighted by Gasteiger charge is 2.53. The Morgan fingerprint density at radius 2 is 1.83 bits per heavy atom. The molecule has 0 radical (unpaired) electrons. The summed E-state index contributed by atoms with van der Waals surface area (Å²) in [4.78, 5) is 22.6. The van der Waals surface area contributed by atoms with Gasteiger partial charge in [-0.05, 0) is 54.7 Å². The van der Waals surface area contributed by atoms with Gasteiger partial charge in [0.2, 0.25) is 0 Å². The van der Waals surface area contributed by atoms with E-state index in [4.69, 9.17) is 16.7 Å². The van der Waals surface area contributed by atoms with E-state index < -0.39 is 5.97 Å². The van der Waals surface area contributed by atoms with Crippen LogP contribution >= 0.6 is 11.6 Å². The molecule has 2 aliphatic rings. The standard InChI is InChI=1S/C17H21ClN2O3/c18-13-3-1-11(2-4-13)10-19-16(23)20-14-8-17(9-14)6-12(7-17)5-15(21)22/h1-4,12,14H,5-10H2,(H,21,22)(H2,19,20,23). The minimum atomic E-state index is -0.708. The quantitative estimate of drug-likeness (QED) is 0.772. The molecule has 23 heavy (non-hydrogen) atoms. The third kappa shape index (κ3) is 3.96. The number of urea groups is 1. The van der Waals surface area contributed by atoms with Crippen molar-refractivity contribution in [3.63, 3.8) is 0 Å². The zero-order chi connectivity index (χ0) is 16.4. The first-order valence-corrected chi connectivity index (χ1v) is 8.32. The first-order valence-electron chi connectivity index (χ1n) is 7.95. The fourth-order valence-corrected chi connectivity index (χ4v) is 4.12. The number of aliphatic carboxylic acids is 1. The third-order valence-electron chi connectivity index (χ3n) is 4.97. The molecule has 2 saturated carbocycles. The maximum absolute atomic E-state index is 11.9. The van der Waals surface area contributed by atoms with E-state index in [0.29, 0.717) is 22.9 Å². The fraction of sp³-hybridized carbons (Fsp3) is 0.529. The van der Waals surface area contributed by atoms with Gasteiger partial charge in [-0.15, -0.1) is 0 Å². The van der Waals surface area contributed by atoms with Gasteiger partial charge in [0.15, 0.2) is 0 Å². The maximum Gasteiger partial charge on any atom is 0.315 e. The molecular weight excluding hydrogens is 316 g/mol. The summed E-state index contributed by atoms with van der Waals surface area (Å²) in [6, 6.07) is 7.44. The van der Waals surface area contributed by atoms with Crippen molar-refractivity contribution in [1.29, 1.82) is 0 Å². The van der Waals surface area contributed by atoms with Gasteiger partial charge in [0, 0.05) is 24.0 Å². The van der Waals surface area contributed by atoms with E-state index in [1.165, 1.54) is 0 Å². The van der Waals surface area contributed by atoms with Crippen molar-refractivity contribution in [2.45, 2.75) is 44.7 Å². The number of carbonyl (C=O) groups is 2. The molecule has 5 nitrogen and oxygen atoms in total. The summed E-state index contributed by atoms with van der Waals surface area (Å²) in [7, 11) is 0. The molecule has 3 rings (SSSR count). The summed E-state index contributed by atoms with van der Waals surface area (Å²) in [5.41, 5.74) is 1.30. The van der Waals surface area contributed by atoms with Crippen molar-refractivity contribution in [2.24, 2.45) is 11.3 Å². The number of amides is 2. The molecule has 0 heterocycles. The van der Waals surface area contributed by atoms with Crippen LogP contribution in [0.2, 0.25) is 5.02 Å². The maximum atomic E-state index is 11.9. The van der Waals surface area contributed by atoms with Crippen LogP contribution in [0.15, 0.2) is 24.3 Å². The van der Waals surface area contributed by atoms with Gasteiger partial charge in [0.25, 0.3) is 0 Å². The number of carbonyl (C=O) groups excluding carboxylic acids is 1. The average Bonchev–Trinajstić information content (AvgIpc) is 2.41. The fourth-order valence-electron chi connectivity index (χ4n) is 4.00. The van der Waals surface area contributed by atoms with Crippen molar-refractivity contribution in [3.8, 4) is 0 Å². The van der Waals surface area contributed by atoms with E-state index in [1.807, 2.05) is 12.1 Å². The van der Waals surface area contributed by atoms with Crippen molar-refractivity contribution >= 4 is 23.6 Å². The largest absolute Gasteiger partial charge is 0.481 e. The Morgan fingerprint density at radius 3 is 2.43 bits per heavy atom. The molecule has 1 aromatic carbocycles. The van der Waals surface area contributed by atoms with Crippen LogP contribution in [0, 0.1) is 11.3 Å². The summed E-state index contributed by atoms with van der Waals surface area (Å²) < 4.78 is 0. The molecule has 0 saturated heterocycles. The van der Waals surface area contributed by atoms with E-state index in [2.05, 4.69) is 10.6 Å². The topological polar surface area (TPSA) is 78.4 Å². The number of hydrogen-bond donors (Lipinski definition) is 3. The van der Waals surface area contributed by atoms with E-state index in [1.54, 1.807) is 12.1 Å². The lowest BCUT2D eigenvalue weighted by atomic mass is 9.49. The van der Waals surface area contributed by atoms with E-state index >= 15 is 0 Å². The number of carboxylic acids is 1. The molecule has 0 aromatic heterocycles. The first kappa shape index (κ1) is 16.1. The molecular formula is C17H21ClN2O3. The van der Waals surface area contributed by atoms with E-state index in [9.17, 15) is 9.59 Å². The summed E-state index contributed by atoms with van der Waals surface area (Å²) in [6.07, 6.45) is 4.20. The Labute approximate surface area is 140 Å². The lowest BCUT2D eigenvalue weighted by molar-refractivity contribution is -0.142. The zero-order valence-electron chi connectivity index (χ0n) is 12.8. The van der Waals surface area contributed by atoms with Gasteiger partial charge < -0.3 is 15.7 Å². The third-order valence-corrected chi connectivity index (χ3v) is 5.22. The zero-order valence-corrected chi connectivity index (χ0v) is 13.6. The number of hydrogen-bond acceptors (Lipinski definition) is 2. The van der Waals surface area contributed by atoms with Crippen LogP contribution in [0.4, 0.5) is 4.79 Å². The minimum absolute atomic E-state index is 0.152. The van der Waals surface area contributed by atoms with Gasteiger partial charge in [0.1, 0.15) is 0 Å². The van der Waals surface area contributed by atoms with Crippen LogP contribution in [0.25, 0.3) is 0 Å². The number of rotatable bonds is 5. The van der Waals surface area contributed by atoms with Crippen LogP contribution in [0.5, 0.6) is 0 Å². The summed E-state index contributed by atoms with van der Waals surface area (Å²) in [5.74, 6) is -0.382. The second-order valence-electron chi connectivity index (χ2n) is 6.93. The van der Waals surface area contributed by atoms with Crippen LogP contribution in [0.3, 0.4) is 0 Å². The lowest BCUT2D eigenvalue weighted by Crippen LogP contribution is -2.57. The number of nitrogens with one attached hydrogen (secondary N) is 2. The van der Waals surface area contributed by atoms with Gasteiger partial charge in [-0.2, -0.15) is 0 Å². The molecule has 2 fully saturated rings. The first-order chi connectivity index (χ1) is 10.9. The molecule has 124 valence electrons. The van der Waals surface area contributed by atoms with Gasteiger partial charge in [-0.25, -0.2) is 4.79 Å². The van der Waals surface area contributed by atoms with E-state index in [0.717, 1.165) is 31.2 Å². The molecule has 3 N–H and O–H groups in total. The average molecular weight is 337 g/mol. The Kier molecular flexibility index (Phi) is 4.48. The molecule has 0 atom stereocenters. The molecule has 0 bridgehead atoms. The molecule has 2 amide bonds. The molecule has 6 heteroatoms. The number of halogens is 1. The molecule has 0 aliphatic heterocycles. The molecule has 2 aliphatic carbocycles. The van der Waals surface area contributed by atoms with Gasteiger partial charge in [-0.3, -0.25) is 4.79 Å². The highest BCUT2D eigenvalue weighted by atomic mass is 35.5. The molecule has 0 unspecified atom stereocenters. The highest BCUT2D eigenvalue weighted by molar-refractivity contribution is 6.30. The Bertz CT molecular complexity index is 588. The normalized spacial score (nSPS) is 28.6. The van der Waals surface area contributed by atoms with Gasteiger partial charge in [-0.1, -0.05) is 23.7 Å². The van der Waals surface area contributed by atoms with Gasteiger partial charge >= 0.3 is 12.0 Å². The lowest BCUT2D eigenvalue weighted by Gasteiger charge is -2.57. The second kappa shape index (κ2) is 6.40. The molecule has 1 aromatic rings. The van der Waals surface area contributed by atoms with Crippen LogP contribution < -0.4 is 10.6 Å². The minimum Gasteiger partial charge on any atom is -0.481 e. The second-order valence-corrected chi connectivity index (χ2v) is 7.37. The summed E-state index contributed by atoms with van der Waals surface area (Å²) in [5, 5.41) is 15.3. The smallest absolute Gasteiger partial charge is 0.315 e. The van der Waals surface area contributed by atoms with Crippen molar-refractivity contribution in [3.05, 3.63) is 34.9 Å². The SMILES string of the molecule is O=C(O)CC1CC2(C1)CC(NC(=O)NCc1ccc(Cl)cc1)C2. The van der Waals surface area contributed by atoms with Gasteiger partial charge in [0.05, 0.1) is 0 Å². The number of benzene rings is 1. The Hall–Kier alpha value is -1.75.